The smallest absolute Gasteiger partial charge is 0.232 e. The molecule has 1 saturated heterocycles. The molecule has 1 fully saturated rings. The normalized spacial score (nSPS) is 16.6. The Morgan fingerprint density at radius 3 is 2.63 bits per heavy atom. The second-order valence-corrected chi connectivity index (χ2v) is 8.22. The number of benzene rings is 2. The number of nitrogens with one attached hydrogen (secondary N) is 1. The molecule has 3 aromatic rings. The van der Waals surface area contributed by atoms with Crippen LogP contribution in [0.4, 0.5) is 4.39 Å². The van der Waals surface area contributed by atoms with E-state index in [4.69, 9.17) is 4.55 Å². The summed E-state index contributed by atoms with van der Waals surface area (Å²) >= 11 is -2.16. The molecule has 0 spiro atoms. The van der Waals surface area contributed by atoms with Gasteiger partial charge in [-0.15, -0.1) is 5.10 Å². The van der Waals surface area contributed by atoms with Crippen molar-refractivity contribution in [3.05, 3.63) is 77.4 Å². The van der Waals surface area contributed by atoms with E-state index in [0.29, 0.717) is 17.7 Å². The lowest BCUT2D eigenvalue weighted by atomic mass is 9.88. The van der Waals surface area contributed by atoms with E-state index in [9.17, 15) is 8.60 Å². The van der Waals surface area contributed by atoms with Gasteiger partial charge in [-0.2, -0.15) is 0 Å². The zero-order chi connectivity index (χ0) is 20.9. The number of rotatable bonds is 7. The molecule has 0 amide bonds. The van der Waals surface area contributed by atoms with Gasteiger partial charge in [0.1, 0.15) is 5.82 Å². The first kappa shape index (κ1) is 20.8. The maximum Gasteiger partial charge on any atom is 0.232 e. The maximum atomic E-state index is 14.9. The Hall–Kier alpha value is -2.46. The summed E-state index contributed by atoms with van der Waals surface area (Å²) in [5.74, 6) is -0.138. The highest BCUT2D eigenvalue weighted by Gasteiger charge is 2.24. The minimum Gasteiger partial charge on any atom is -0.297 e. The number of aromatic nitrogens is 3. The Labute approximate surface area is 177 Å². The van der Waals surface area contributed by atoms with E-state index in [1.165, 1.54) is 0 Å². The molecule has 2 N–H and O–H groups in total. The van der Waals surface area contributed by atoms with Crippen LogP contribution in [0, 0.1) is 5.82 Å². The molecular formula is C21H24FN5O2S. The van der Waals surface area contributed by atoms with Gasteiger partial charge in [-0.3, -0.25) is 9.45 Å². The quantitative estimate of drug-likeness (QED) is 0.564. The molecule has 1 aliphatic rings. The van der Waals surface area contributed by atoms with Crippen LogP contribution in [0.25, 0.3) is 5.69 Å². The molecule has 1 aromatic heterocycles. The standard InChI is InChI=1S/C21H24FN5O2S/c22-21-17(13-23-30(28)29)5-4-8-20(21)16-9-11-26(12-10-16)14-18-15-27(25-24-18)19-6-2-1-3-7-19/h1-8,15-16,23H,9-14H2,(H,28,29). The molecule has 1 atom stereocenters. The summed E-state index contributed by atoms with van der Waals surface area (Å²) in [4.78, 5) is 2.31. The van der Waals surface area contributed by atoms with E-state index in [1.54, 1.807) is 10.7 Å². The van der Waals surface area contributed by atoms with Gasteiger partial charge in [0.25, 0.3) is 0 Å². The Morgan fingerprint density at radius 1 is 1.13 bits per heavy atom. The Morgan fingerprint density at radius 2 is 1.90 bits per heavy atom. The van der Waals surface area contributed by atoms with E-state index in [2.05, 4.69) is 19.9 Å². The van der Waals surface area contributed by atoms with Crippen LogP contribution < -0.4 is 4.72 Å². The summed E-state index contributed by atoms with van der Waals surface area (Å²) in [7, 11) is 0. The third-order valence-corrected chi connectivity index (χ3v) is 5.86. The van der Waals surface area contributed by atoms with Crippen LogP contribution in [0.1, 0.15) is 35.6 Å². The summed E-state index contributed by atoms with van der Waals surface area (Å²) in [6.45, 7) is 2.45. The van der Waals surface area contributed by atoms with Gasteiger partial charge >= 0.3 is 0 Å². The van der Waals surface area contributed by atoms with Crippen LogP contribution in [0.15, 0.2) is 54.7 Å². The number of likely N-dealkylation sites (tertiary alicyclic amines) is 1. The molecule has 2 heterocycles. The molecule has 4 rings (SSSR count). The highest BCUT2D eigenvalue weighted by molar-refractivity contribution is 7.77. The zero-order valence-electron chi connectivity index (χ0n) is 16.4. The predicted octanol–water partition coefficient (Wildman–Crippen LogP) is 3.01. The summed E-state index contributed by atoms with van der Waals surface area (Å²) < 4.78 is 38.6. The lowest BCUT2D eigenvalue weighted by Crippen LogP contribution is -2.33. The van der Waals surface area contributed by atoms with Crippen LogP contribution >= 0.6 is 0 Å². The minimum absolute atomic E-state index is 0.0265. The Kier molecular flexibility index (Phi) is 6.63. The first-order valence-corrected chi connectivity index (χ1v) is 11.0. The number of hydrogen-bond acceptors (Lipinski definition) is 4. The molecule has 158 valence electrons. The number of para-hydroxylation sites is 1. The second-order valence-electron chi connectivity index (χ2n) is 7.43. The van der Waals surface area contributed by atoms with Gasteiger partial charge in [0.2, 0.25) is 11.3 Å². The third-order valence-electron chi connectivity index (χ3n) is 5.47. The Bertz CT molecular complexity index is 1010. The highest BCUT2D eigenvalue weighted by Crippen LogP contribution is 2.31. The van der Waals surface area contributed by atoms with Crippen molar-refractivity contribution in [1.82, 2.24) is 24.6 Å². The number of nitrogens with zero attached hydrogens (tertiary/aromatic N) is 4. The van der Waals surface area contributed by atoms with Crippen molar-refractivity contribution in [3.63, 3.8) is 0 Å². The first-order valence-electron chi connectivity index (χ1n) is 9.91. The monoisotopic (exact) mass is 429 g/mol. The Balaban J connectivity index is 1.35. The fourth-order valence-electron chi connectivity index (χ4n) is 3.90. The largest absolute Gasteiger partial charge is 0.297 e. The van der Waals surface area contributed by atoms with E-state index in [1.807, 2.05) is 48.7 Å². The van der Waals surface area contributed by atoms with Crippen molar-refractivity contribution in [2.75, 3.05) is 13.1 Å². The second kappa shape index (κ2) is 9.57. The first-order chi connectivity index (χ1) is 14.6. The lowest BCUT2D eigenvalue weighted by molar-refractivity contribution is 0.201. The van der Waals surface area contributed by atoms with Crippen molar-refractivity contribution >= 4 is 11.3 Å². The fourth-order valence-corrected chi connectivity index (χ4v) is 4.18. The van der Waals surface area contributed by atoms with Crippen molar-refractivity contribution in [1.29, 1.82) is 0 Å². The number of hydrogen-bond donors (Lipinski definition) is 2. The third kappa shape index (κ3) is 4.99. The van der Waals surface area contributed by atoms with Gasteiger partial charge in [-0.05, 0) is 49.5 Å². The van der Waals surface area contributed by atoms with Crippen LogP contribution in [-0.2, 0) is 24.4 Å². The van der Waals surface area contributed by atoms with Gasteiger partial charge in [0.15, 0.2) is 0 Å². The molecule has 30 heavy (non-hydrogen) atoms. The fraction of sp³-hybridized carbons (Fsp3) is 0.333. The molecule has 0 radical (unpaired) electrons. The van der Waals surface area contributed by atoms with Gasteiger partial charge in [0, 0.05) is 18.7 Å². The van der Waals surface area contributed by atoms with Crippen LogP contribution in [-0.4, -0.2) is 41.7 Å². The van der Waals surface area contributed by atoms with Crippen LogP contribution in [0.5, 0.6) is 0 Å². The van der Waals surface area contributed by atoms with Crippen molar-refractivity contribution in [3.8, 4) is 5.69 Å². The highest BCUT2D eigenvalue weighted by atomic mass is 32.2. The average molecular weight is 430 g/mol. The van der Waals surface area contributed by atoms with Gasteiger partial charge in [0.05, 0.1) is 17.6 Å². The molecule has 1 unspecified atom stereocenters. The van der Waals surface area contributed by atoms with Crippen LogP contribution in [0.2, 0.25) is 0 Å². The number of halogens is 1. The molecule has 7 nitrogen and oxygen atoms in total. The maximum absolute atomic E-state index is 14.9. The summed E-state index contributed by atoms with van der Waals surface area (Å²) in [5.41, 5.74) is 2.99. The molecule has 0 bridgehead atoms. The molecular weight excluding hydrogens is 405 g/mol. The van der Waals surface area contributed by atoms with Crippen molar-refractivity contribution < 1.29 is 13.2 Å². The molecule has 0 saturated carbocycles. The van der Waals surface area contributed by atoms with E-state index >= 15 is 0 Å². The van der Waals surface area contributed by atoms with Crippen LogP contribution in [0.3, 0.4) is 0 Å². The summed E-state index contributed by atoms with van der Waals surface area (Å²) in [5, 5.41) is 8.49. The van der Waals surface area contributed by atoms with E-state index < -0.39 is 11.3 Å². The average Bonchev–Trinajstić information content (AvgIpc) is 3.23. The molecule has 0 aliphatic carbocycles. The minimum atomic E-state index is -2.16. The van der Waals surface area contributed by atoms with E-state index in [-0.39, 0.29) is 18.3 Å². The van der Waals surface area contributed by atoms with Gasteiger partial charge in [-0.1, -0.05) is 41.6 Å². The summed E-state index contributed by atoms with van der Waals surface area (Å²) in [6.07, 6.45) is 3.65. The van der Waals surface area contributed by atoms with Gasteiger partial charge < -0.3 is 0 Å². The topological polar surface area (TPSA) is 83.3 Å². The van der Waals surface area contributed by atoms with E-state index in [0.717, 1.165) is 37.3 Å². The molecule has 1 aliphatic heterocycles. The van der Waals surface area contributed by atoms with Crippen molar-refractivity contribution in [2.24, 2.45) is 0 Å². The molecule has 9 heteroatoms. The molecule has 2 aromatic carbocycles. The van der Waals surface area contributed by atoms with Crippen molar-refractivity contribution in [2.45, 2.75) is 31.8 Å². The SMILES string of the molecule is O=S(O)NCc1cccc(C2CCN(Cc3cn(-c4ccccc4)nn3)CC2)c1F. The predicted molar refractivity (Wildman–Crippen MR) is 113 cm³/mol. The van der Waals surface area contributed by atoms with Gasteiger partial charge in [-0.25, -0.2) is 18.0 Å². The number of piperidine rings is 1. The lowest BCUT2D eigenvalue weighted by Gasteiger charge is -2.32. The zero-order valence-corrected chi connectivity index (χ0v) is 17.3. The summed E-state index contributed by atoms with van der Waals surface area (Å²) in [6, 6.07) is 15.1.